The van der Waals surface area contributed by atoms with Crippen molar-refractivity contribution >= 4 is 5.97 Å². The van der Waals surface area contributed by atoms with Crippen LogP contribution in [0.1, 0.15) is 16.2 Å². The minimum Gasteiger partial charge on any atom is -0.478 e. The lowest BCUT2D eigenvalue weighted by molar-refractivity contribution is -0.504. The van der Waals surface area contributed by atoms with Gasteiger partial charge in [-0.2, -0.15) is 0 Å². The molecule has 6 nitrogen and oxygen atoms in total. The van der Waals surface area contributed by atoms with E-state index in [0.29, 0.717) is 4.43 Å². The van der Waals surface area contributed by atoms with E-state index in [4.69, 9.17) is 4.74 Å². The molecule has 76 valence electrons. The van der Waals surface area contributed by atoms with E-state index >= 15 is 0 Å². The molecule has 0 fully saturated rings. The second-order valence-corrected chi connectivity index (χ2v) is 2.60. The van der Waals surface area contributed by atoms with Crippen LogP contribution in [0, 0.1) is 11.8 Å². The summed E-state index contributed by atoms with van der Waals surface area (Å²) in [7, 11) is 2.63. The van der Waals surface area contributed by atoms with E-state index in [1.54, 1.807) is 0 Å². The van der Waals surface area contributed by atoms with Gasteiger partial charge in [0.15, 0.2) is 0 Å². The molecule has 0 unspecified atom stereocenters. The van der Waals surface area contributed by atoms with Crippen LogP contribution in [0.15, 0.2) is 6.20 Å². The van der Waals surface area contributed by atoms with Crippen LogP contribution < -0.4 is 9.16 Å². The molecule has 1 aromatic rings. The van der Waals surface area contributed by atoms with Crippen molar-refractivity contribution in [2.24, 2.45) is 0 Å². The van der Waals surface area contributed by atoms with Crippen molar-refractivity contribution < 1.29 is 18.7 Å². The quantitative estimate of drug-likeness (QED) is 0.538. The van der Waals surface area contributed by atoms with Gasteiger partial charge in [-0.25, -0.2) is 4.79 Å². The highest BCUT2D eigenvalue weighted by molar-refractivity contribution is 5.87. The first-order chi connectivity index (χ1) is 6.60. The molecule has 1 heterocycles. The van der Waals surface area contributed by atoms with Crippen molar-refractivity contribution in [2.75, 3.05) is 14.2 Å². The summed E-state index contributed by atoms with van der Waals surface area (Å²) in [5.41, 5.74) is 0.319. The zero-order chi connectivity index (χ0) is 10.7. The van der Waals surface area contributed by atoms with Gasteiger partial charge in [0.05, 0.1) is 18.6 Å². The predicted octanol–water partition coefficient (Wildman–Crippen LogP) is 0.0328. The van der Waals surface area contributed by atoms with Gasteiger partial charge in [0, 0.05) is 11.8 Å². The van der Waals surface area contributed by atoms with Crippen molar-refractivity contribution in [2.45, 2.75) is 6.92 Å². The number of H-pyrrole nitrogens is 1. The number of hydrogen-bond acceptors (Lipinski definition) is 4. The first kappa shape index (κ1) is 10.2. The van der Waals surface area contributed by atoms with Crippen molar-refractivity contribution in [1.82, 2.24) is 4.98 Å². The number of aromatic nitrogens is 2. The van der Waals surface area contributed by atoms with E-state index in [1.807, 2.05) is 0 Å². The maximum absolute atomic E-state index is 11.2. The van der Waals surface area contributed by atoms with Crippen LogP contribution in [0.25, 0.3) is 0 Å². The summed E-state index contributed by atoms with van der Waals surface area (Å²) in [5.74, 6) is -0.406. The van der Waals surface area contributed by atoms with Gasteiger partial charge in [-0.15, -0.1) is 0 Å². The smallest absolute Gasteiger partial charge is 0.361 e. The van der Waals surface area contributed by atoms with E-state index in [9.17, 15) is 9.70 Å². The van der Waals surface area contributed by atoms with E-state index in [1.165, 1.54) is 27.3 Å². The second-order valence-electron chi connectivity index (χ2n) is 2.60. The van der Waals surface area contributed by atoms with Crippen molar-refractivity contribution in [3.8, 4) is 5.88 Å². The van der Waals surface area contributed by atoms with E-state index in [2.05, 4.69) is 9.72 Å². The molecule has 0 saturated carbocycles. The molecular formula is C8H11N2O4+. The monoisotopic (exact) mass is 199 g/mol. The third-order valence-corrected chi connectivity index (χ3v) is 1.78. The van der Waals surface area contributed by atoms with Crippen LogP contribution in [-0.4, -0.2) is 25.2 Å². The zero-order valence-electron chi connectivity index (χ0n) is 8.16. The van der Waals surface area contributed by atoms with Gasteiger partial charge in [0.2, 0.25) is 5.69 Å². The molecular weight excluding hydrogens is 188 g/mol. The van der Waals surface area contributed by atoms with Gasteiger partial charge >= 0.3 is 5.97 Å². The summed E-state index contributed by atoms with van der Waals surface area (Å²) >= 11 is 0. The van der Waals surface area contributed by atoms with Crippen LogP contribution in [0.4, 0.5) is 0 Å². The maximum Gasteiger partial charge on any atom is 0.361 e. The second kappa shape index (κ2) is 3.91. The first-order valence-electron chi connectivity index (χ1n) is 3.88. The number of esters is 1. The average Bonchev–Trinajstić information content (AvgIpc) is 2.20. The molecule has 0 aromatic carbocycles. The molecule has 0 aliphatic heterocycles. The Bertz CT molecular complexity index is 410. The predicted molar refractivity (Wildman–Crippen MR) is 46.8 cm³/mol. The van der Waals surface area contributed by atoms with Gasteiger partial charge in [-0.1, -0.05) is 0 Å². The molecule has 0 spiro atoms. The number of ether oxygens (including phenoxy) is 2. The van der Waals surface area contributed by atoms with E-state index in [-0.39, 0.29) is 17.3 Å². The molecule has 0 bridgehead atoms. The molecule has 6 heteroatoms. The fraction of sp³-hybridized carbons (Fsp3) is 0.375. The molecule has 14 heavy (non-hydrogen) atoms. The fourth-order valence-electron chi connectivity index (χ4n) is 0.964. The van der Waals surface area contributed by atoms with Gasteiger partial charge in [-0.3, -0.25) is 0 Å². The Morgan fingerprint density at radius 2 is 2.14 bits per heavy atom. The van der Waals surface area contributed by atoms with Crippen LogP contribution in [0.3, 0.4) is 0 Å². The number of carbonyl (C=O) groups excluding carboxylic acids is 1. The van der Waals surface area contributed by atoms with Gasteiger partial charge in [0.1, 0.15) is 0 Å². The lowest BCUT2D eigenvalue weighted by atomic mass is 10.3. The SMILES string of the molecule is COC(=O)c1[nH]c(OC)c[n+](=O)c1C. The maximum atomic E-state index is 11.2. The fourth-order valence-corrected chi connectivity index (χ4v) is 0.964. The first-order valence-corrected chi connectivity index (χ1v) is 3.88. The Morgan fingerprint density at radius 1 is 1.50 bits per heavy atom. The van der Waals surface area contributed by atoms with Crippen molar-refractivity contribution in [3.05, 3.63) is 22.5 Å². The summed E-state index contributed by atoms with van der Waals surface area (Å²) < 4.78 is 9.84. The summed E-state index contributed by atoms with van der Waals surface area (Å²) in [6.45, 7) is 1.51. The molecule has 0 saturated heterocycles. The van der Waals surface area contributed by atoms with Crippen LogP contribution in [-0.2, 0) is 4.74 Å². The Morgan fingerprint density at radius 3 is 2.64 bits per heavy atom. The summed E-state index contributed by atoms with van der Waals surface area (Å²) in [6.07, 6.45) is 1.20. The normalized spacial score (nSPS) is 9.64. The van der Waals surface area contributed by atoms with Crippen LogP contribution in [0.2, 0.25) is 0 Å². The Hall–Kier alpha value is -1.85. The third-order valence-electron chi connectivity index (χ3n) is 1.78. The average molecular weight is 199 g/mol. The number of nitrogens with one attached hydrogen (secondary N) is 1. The summed E-state index contributed by atoms with van der Waals surface area (Å²) in [6, 6.07) is 0. The highest BCUT2D eigenvalue weighted by Gasteiger charge is 2.20. The number of methoxy groups -OCH3 is 2. The Balaban J connectivity index is 3.34. The molecule has 0 radical (unpaired) electrons. The third kappa shape index (κ3) is 1.73. The largest absolute Gasteiger partial charge is 0.478 e. The standard InChI is InChI=1S/C8H11N2O4/c1-5-7(8(11)14-3)9-6(13-2)4-10(5)12/h4H,1-3H3,(H,9,12)/q+1. The number of rotatable bonds is 2. The van der Waals surface area contributed by atoms with Crippen LogP contribution in [0.5, 0.6) is 5.88 Å². The molecule has 0 amide bonds. The topological polar surface area (TPSA) is 74.3 Å². The summed E-state index contributed by atoms with van der Waals surface area (Å²) in [5, 5.41) is 0. The van der Waals surface area contributed by atoms with Gasteiger partial charge in [0.25, 0.3) is 17.8 Å². The van der Waals surface area contributed by atoms with Gasteiger partial charge in [-0.05, 0) is 0 Å². The lowest BCUT2D eigenvalue weighted by Crippen LogP contribution is -2.24. The molecule has 1 N–H and O–H groups in total. The highest BCUT2D eigenvalue weighted by Crippen LogP contribution is 2.06. The number of aromatic amines is 1. The molecule has 0 atom stereocenters. The lowest BCUT2D eigenvalue weighted by Gasteiger charge is -2.00. The zero-order valence-corrected chi connectivity index (χ0v) is 8.16. The highest BCUT2D eigenvalue weighted by atomic mass is 16.5. The Labute approximate surface area is 80.1 Å². The Kier molecular flexibility index (Phi) is 2.85. The number of nitrogens with zero attached hydrogens (tertiary/aromatic N) is 1. The van der Waals surface area contributed by atoms with E-state index < -0.39 is 5.97 Å². The minimum atomic E-state index is -0.606. The number of carbonyl (C=O) groups is 1. The van der Waals surface area contributed by atoms with Crippen molar-refractivity contribution in [1.29, 1.82) is 0 Å². The van der Waals surface area contributed by atoms with Crippen molar-refractivity contribution in [3.63, 3.8) is 0 Å². The van der Waals surface area contributed by atoms with Crippen LogP contribution >= 0.6 is 0 Å². The van der Waals surface area contributed by atoms with Gasteiger partial charge < -0.3 is 14.5 Å². The minimum absolute atomic E-state index is 0.0850. The van der Waals surface area contributed by atoms with E-state index in [0.717, 1.165) is 0 Å². The molecule has 0 aliphatic rings. The number of hydrogen-bond donors (Lipinski definition) is 1. The molecule has 1 aromatic heterocycles. The molecule has 1 rings (SSSR count). The summed E-state index contributed by atoms with van der Waals surface area (Å²) in [4.78, 5) is 25.1. The molecule has 0 aliphatic carbocycles.